The highest BCUT2D eigenvalue weighted by Gasteiger charge is 2.43. The van der Waals surface area contributed by atoms with Crippen LogP contribution in [0.5, 0.6) is 0 Å². The van der Waals surface area contributed by atoms with E-state index in [1.807, 2.05) is 22.1 Å². The van der Waals surface area contributed by atoms with Gasteiger partial charge in [0.1, 0.15) is 11.2 Å². The molecule has 2 heterocycles. The van der Waals surface area contributed by atoms with Crippen molar-refractivity contribution in [3.8, 4) is 0 Å². The molecule has 0 saturated heterocycles. The predicted octanol–water partition coefficient (Wildman–Crippen LogP) is 4.43. The maximum atomic E-state index is 12.5. The molecule has 0 saturated carbocycles. The molecule has 1 aromatic heterocycles. The highest BCUT2D eigenvalue weighted by atomic mass is 32.2. The third-order valence-electron chi connectivity index (χ3n) is 5.44. The second kappa shape index (κ2) is 8.83. The van der Waals surface area contributed by atoms with Crippen LogP contribution in [0.1, 0.15) is 54.1 Å². The summed E-state index contributed by atoms with van der Waals surface area (Å²) >= 11 is 0. The highest BCUT2D eigenvalue weighted by Crippen LogP contribution is 2.45. The average Bonchev–Trinajstić information content (AvgIpc) is 3.32. The first kappa shape index (κ1) is 21.8. The fraction of sp³-hybridized carbons (Fsp3) is 0.304. The van der Waals surface area contributed by atoms with Gasteiger partial charge >= 0.3 is 11.9 Å². The topological polar surface area (TPSA) is 92.4 Å². The van der Waals surface area contributed by atoms with Crippen molar-refractivity contribution >= 4 is 28.3 Å². The van der Waals surface area contributed by atoms with E-state index in [9.17, 15) is 14.7 Å². The molecule has 1 aliphatic heterocycles. The lowest BCUT2D eigenvalue weighted by Gasteiger charge is -2.29. The third kappa shape index (κ3) is 4.03. The van der Waals surface area contributed by atoms with Crippen molar-refractivity contribution in [2.75, 3.05) is 0 Å². The van der Waals surface area contributed by atoms with Crippen LogP contribution in [0.2, 0.25) is 0 Å². The van der Waals surface area contributed by atoms with Crippen LogP contribution in [0.4, 0.5) is 0 Å². The van der Waals surface area contributed by atoms with Gasteiger partial charge in [0.25, 0.3) is 0 Å². The Morgan fingerprint density at radius 1 is 1.23 bits per heavy atom. The Bertz CT molecular complexity index is 1050. The molecule has 1 aromatic carbocycles. The summed E-state index contributed by atoms with van der Waals surface area (Å²) in [5.74, 6) is 3.03. The summed E-state index contributed by atoms with van der Waals surface area (Å²) in [4.78, 5) is 29.0. The van der Waals surface area contributed by atoms with E-state index in [1.54, 1.807) is 37.4 Å². The molecular weight excluding hydrogens is 400 g/mol. The molecular formula is C23H26N2O4S. The van der Waals surface area contributed by atoms with Crippen molar-refractivity contribution < 1.29 is 19.8 Å². The molecule has 158 valence electrons. The number of benzene rings is 1. The van der Waals surface area contributed by atoms with E-state index in [-0.39, 0.29) is 5.56 Å². The van der Waals surface area contributed by atoms with Crippen LogP contribution in [-0.4, -0.2) is 37.6 Å². The molecule has 1 aliphatic rings. The van der Waals surface area contributed by atoms with Crippen LogP contribution in [0.3, 0.4) is 0 Å². The molecule has 0 amide bonds. The molecule has 30 heavy (non-hydrogen) atoms. The molecule has 2 atom stereocenters. The second-order valence-electron chi connectivity index (χ2n) is 7.47. The number of aliphatic carboxylic acids is 1. The van der Waals surface area contributed by atoms with Crippen LogP contribution in [0.25, 0.3) is 0 Å². The number of allylic oxidation sites excluding steroid dienone is 2. The first-order chi connectivity index (χ1) is 14.3. The lowest BCUT2D eigenvalue weighted by Crippen LogP contribution is -2.36. The minimum Gasteiger partial charge on any atom is -0.480 e. The smallest absolute Gasteiger partial charge is 0.335 e. The predicted molar refractivity (Wildman–Crippen MR) is 120 cm³/mol. The maximum Gasteiger partial charge on any atom is 0.335 e. The van der Waals surface area contributed by atoms with Crippen molar-refractivity contribution in [1.29, 1.82) is 0 Å². The average molecular weight is 427 g/mol. The van der Waals surface area contributed by atoms with Crippen molar-refractivity contribution in [3.63, 3.8) is 0 Å². The number of carboxylic acid groups (broad SMARTS) is 2. The summed E-state index contributed by atoms with van der Waals surface area (Å²) in [5, 5.41) is 21.3. The van der Waals surface area contributed by atoms with Gasteiger partial charge in [-0.25, -0.2) is 9.78 Å². The van der Waals surface area contributed by atoms with Crippen LogP contribution in [-0.2, 0) is 23.2 Å². The Labute approximate surface area is 178 Å². The SMILES string of the molecule is C=S1C=CC=C1C(C)(C(=O)O)c1cnc(CCCC)n1Cc1ccc(C(=O)O)cc1. The summed E-state index contributed by atoms with van der Waals surface area (Å²) in [5.41, 5.74) is 0.457. The van der Waals surface area contributed by atoms with E-state index in [4.69, 9.17) is 5.11 Å². The van der Waals surface area contributed by atoms with Crippen molar-refractivity contribution in [3.05, 3.63) is 75.6 Å². The number of unbranched alkanes of at least 4 members (excludes halogenated alkanes) is 1. The first-order valence-electron chi connectivity index (χ1n) is 9.81. The zero-order chi connectivity index (χ0) is 21.9. The normalized spacial score (nSPS) is 17.5. The number of carboxylic acids is 2. The Balaban J connectivity index is 2.08. The first-order valence-corrected chi connectivity index (χ1v) is 11.3. The third-order valence-corrected chi connectivity index (χ3v) is 7.03. The summed E-state index contributed by atoms with van der Waals surface area (Å²) in [6, 6.07) is 6.65. The molecule has 3 rings (SSSR count). The fourth-order valence-corrected chi connectivity index (χ4v) is 5.00. The molecule has 0 spiro atoms. The quantitative estimate of drug-likeness (QED) is 0.579. The lowest BCUT2D eigenvalue weighted by molar-refractivity contribution is -0.141. The fourth-order valence-electron chi connectivity index (χ4n) is 3.61. The molecule has 0 fully saturated rings. The van der Waals surface area contributed by atoms with E-state index < -0.39 is 27.8 Å². The number of rotatable bonds is 9. The largest absolute Gasteiger partial charge is 0.480 e. The van der Waals surface area contributed by atoms with Crippen LogP contribution < -0.4 is 0 Å². The summed E-state index contributed by atoms with van der Waals surface area (Å²) in [7, 11) is -0.517. The number of aromatic nitrogens is 2. The Morgan fingerprint density at radius 3 is 2.47 bits per heavy atom. The molecule has 6 nitrogen and oxygen atoms in total. The number of hydrogen-bond acceptors (Lipinski definition) is 3. The van der Waals surface area contributed by atoms with Gasteiger partial charge in [-0.3, -0.25) is 4.79 Å². The number of carbonyl (C=O) groups is 2. The number of hydrogen-bond donors (Lipinski definition) is 2. The molecule has 0 radical (unpaired) electrons. The van der Waals surface area contributed by atoms with E-state index in [1.165, 1.54) is 0 Å². The van der Waals surface area contributed by atoms with Crippen molar-refractivity contribution in [2.24, 2.45) is 0 Å². The van der Waals surface area contributed by atoms with Gasteiger partial charge in [-0.2, -0.15) is 0 Å². The van der Waals surface area contributed by atoms with Gasteiger partial charge in [-0.15, -0.1) is 10.5 Å². The summed E-state index contributed by atoms with van der Waals surface area (Å²) in [6.45, 7) is 4.23. The van der Waals surface area contributed by atoms with Gasteiger partial charge in [0, 0.05) is 24.1 Å². The van der Waals surface area contributed by atoms with Gasteiger partial charge in [0.2, 0.25) is 0 Å². The maximum absolute atomic E-state index is 12.5. The second-order valence-corrected chi connectivity index (χ2v) is 9.04. The monoisotopic (exact) mass is 426 g/mol. The highest BCUT2D eigenvalue weighted by molar-refractivity contribution is 8.20. The number of aromatic carboxylic acids is 1. The Morgan fingerprint density at radius 2 is 1.93 bits per heavy atom. The van der Waals surface area contributed by atoms with E-state index >= 15 is 0 Å². The Kier molecular flexibility index (Phi) is 6.41. The molecule has 0 aliphatic carbocycles. The van der Waals surface area contributed by atoms with E-state index in [2.05, 4.69) is 17.8 Å². The lowest BCUT2D eigenvalue weighted by atomic mass is 9.86. The standard InChI is InChI=1S/C23H26N2O4S/c1-4-5-8-20-24-14-18(23(2,22(28)29)19-7-6-13-30(19)3)25(20)15-16-9-11-17(12-10-16)21(26)27/h6-7,9-14H,3-5,8,15H2,1-2H3,(H,26,27)(H,28,29). The molecule has 2 N–H and O–H groups in total. The van der Waals surface area contributed by atoms with Crippen LogP contribution in [0, 0.1) is 0 Å². The van der Waals surface area contributed by atoms with Crippen molar-refractivity contribution in [2.45, 2.75) is 45.1 Å². The van der Waals surface area contributed by atoms with Gasteiger partial charge in [-0.05, 0) is 36.4 Å². The van der Waals surface area contributed by atoms with E-state index in [0.29, 0.717) is 12.2 Å². The summed E-state index contributed by atoms with van der Waals surface area (Å²) < 4.78 is 1.97. The minimum absolute atomic E-state index is 0.217. The Hall–Kier alpha value is -2.93. The zero-order valence-corrected chi connectivity index (χ0v) is 18.0. The van der Waals surface area contributed by atoms with Gasteiger partial charge in [0.05, 0.1) is 11.3 Å². The van der Waals surface area contributed by atoms with E-state index in [0.717, 1.165) is 35.6 Å². The summed E-state index contributed by atoms with van der Waals surface area (Å²) in [6.07, 6.45) is 8.06. The molecule has 2 aromatic rings. The molecule has 0 bridgehead atoms. The van der Waals surface area contributed by atoms with Crippen molar-refractivity contribution in [1.82, 2.24) is 9.55 Å². The number of aryl methyl sites for hydroxylation is 1. The molecule has 2 unspecified atom stereocenters. The zero-order valence-electron chi connectivity index (χ0n) is 17.2. The molecule has 7 heteroatoms. The van der Waals surface area contributed by atoms with Gasteiger partial charge in [0.15, 0.2) is 0 Å². The number of imidazole rings is 1. The minimum atomic E-state index is -1.26. The van der Waals surface area contributed by atoms with Gasteiger partial charge in [-0.1, -0.05) is 43.5 Å². The van der Waals surface area contributed by atoms with Crippen LogP contribution in [0.15, 0.2) is 52.9 Å². The van der Waals surface area contributed by atoms with Crippen LogP contribution >= 0.6 is 10.5 Å². The van der Waals surface area contributed by atoms with Gasteiger partial charge < -0.3 is 14.8 Å². The number of nitrogens with zero attached hydrogens (tertiary/aromatic N) is 2.